The summed E-state index contributed by atoms with van der Waals surface area (Å²) in [4.78, 5) is 10.6. The van der Waals surface area contributed by atoms with E-state index in [9.17, 15) is 9.36 Å². The molecular formula is C6H8O3P+. The number of carbonyl (C=O) groups excluding carboxylic acids is 1. The lowest BCUT2D eigenvalue weighted by Crippen LogP contribution is -2.02. The molecule has 10 heavy (non-hydrogen) atoms. The second-order valence-corrected chi connectivity index (χ2v) is 2.28. The average molecular weight is 159 g/mol. The molecule has 1 atom stereocenters. The standard InChI is InChI=1S/C6H7O3P/c1-3-4-9-6(7)5(2)10-8/h3H,1-2,4H2/p+1. The van der Waals surface area contributed by atoms with Crippen LogP contribution < -0.4 is 0 Å². The fourth-order valence-corrected chi connectivity index (χ4v) is 0.419. The highest BCUT2D eigenvalue weighted by Crippen LogP contribution is 2.09. The SMILES string of the molecule is C=CCOC(=O)C(=C)[PH+]=O. The van der Waals surface area contributed by atoms with Crippen molar-refractivity contribution in [3.05, 3.63) is 24.5 Å². The number of hydrogen-bond donors (Lipinski definition) is 0. The van der Waals surface area contributed by atoms with Crippen LogP contribution >= 0.6 is 8.46 Å². The van der Waals surface area contributed by atoms with Gasteiger partial charge in [0.25, 0.3) is 5.31 Å². The van der Waals surface area contributed by atoms with Crippen LogP contribution in [0.1, 0.15) is 0 Å². The van der Waals surface area contributed by atoms with Gasteiger partial charge in [-0.25, -0.2) is 4.79 Å². The Bertz CT molecular complexity index is 174. The highest BCUT2D eigenvalue weighted by molar-refractivity contribution is 7.31. The molecule has 0 N–H and O–H groups in total. The first kappa shape index (κ1) is 9.05. The Kier molecular flexibility index (Phi) is 4.42. The zero-order valence-electron chi connectivity index (χ0n) is 5.42. The maximum Gasteiger partial charge on any atom is 0.384 e. The molecule has 4 heteroatoms. The molecule has 0 rings (SSSR count). The van der Waals surface area contributed by atoms with Gasteiger partial charge in [0.1, 0.15) is 6.61 Å². The first-order valence-corrected chi connectivity index (χ1v) is 3.48. The summed E-state index contributed by atoms with van der Waals surface area (Å²) in [5, 5.41) is -0.0261. The maximum absolute atomic E-state index is 10.6. The molecule has 0 saturated heterocycles. The van der Waals surface area contributed by atoms with Crippen molar-refractivity contribution in [1.82, 2.24) is 0 Å². The van der Waals surface area contributed by atoms with Crippen LogP contribution in [0, 0.1) is 0 Å². The van der Waals surface area contributed by atoms with Crippen molar-refractivity contribution in [1.29, 1.82) is 0 Å². The number of rotatable bonds is 4. The molecule has 0 radical (unpaired) electrons. The van der Waals surface area contributed by atoms with Gasteiger partial charge in [0, 0.05) is 0 Å². The summed E-state index contributed by atoms with van der Waals surface area (Å²) < 4.78 is 14.5. The smallest absolute Gasteiger partial charge is 0.384 e. The molecule has 0 saturated carbocycles. The van der Waals surface area contributed by atoms with Crippen LogP contribution in [0.3, 0.4) is 0 Å². The van der Waals surface area contributed by atoms with Crippen LogP contribution in [0.5, 0.6) is 0 Å². The Hall–Kier alpha value is -0.950. The molecule has 0 aromatic heterocycles. The molecule has 0 aliphatic heterocycles. The van der Waals surface area contributed by atoms with Crippen molar-refractivity contribution >= 4 is 14.4 Å². The molecule has 0 fully saturated rings. The summed E-state index contributed by atoms with van der Waals surface area (Å²) in [7, 11) is -0.830. The summed E-state index contributed by atoms with van der Waals surface area (Å²) in [6, 6.07) is 0. The Morgan fingerprint density at radius 3 is 2.70 bits per heavy atom. The third-order valence-electron chi connectivity index (χ3n) is 0.702. The van der Waals surface area contributed by atoms with Gasteiger partial charge in [0.2, 0.25) is 0 Å². The lowest BCUT2D eigenvalue weighted by Gasteiger charge is -1.92. The predicted octanol–water partition coefficient (Wildman–Crippen LogP) is 1.25. The Morgan fingerprint density at radius 2 is 2.30 bits per heavy atom. The van der Waals surface area contributed by atoms with Gasteiger partial charge in [-0.05, 0) is 6.58 Å². The van der Waals surface area contributed by atoms with E-state index in [0.717, 1.165) is 0 Å². The van der Waals surface area contributed by atoms with Gasteiger partial charge in [0.05, 0.1) is 0 Å². The summed E-state index contributed by atoms with van der Waals surface area (Å²) in [5.74, 6) is -0.631. The van der Waals surface area contributed by atoms with Crippen molar-refractivity contribution < 1.29 is 14.1 Å². The molecule has 0 amide bonds. The van der Waals surface area contributed by atoms with Crippen LogP contribution in [-0.2, 0) is 14.1 Å². The molecule has 0 aromatic carbocycles. The first-order chi connectivity index (χ1) is 4.72. The van der Waals surface area contributed by atoms with Gasteiger partial charge < -0.3 is 4.74 Å². The zero-order chi connectivity index (χ0) is 7.98. The Morgan fingerprint density at radius 1 is 1.70 bits per heavy atom. The van der Waals surface area contributed by atoms with E-state index in [0.29, 0.717) is 0 Å². The molecule has 0 aliphatic rings. The number of hydrogen-bond acceptors (Lipinski definition) is 3. The van der Waals surface area contributed by atoms with E-state index in [4.69, 9.17) is 0 Å². The minimum atomic E-state index is -0.830. The fourth-order valence-electron chi connectivity index (χ4n) is 0.263. The highest BCUT2D eigenvalue weighted by atomic mass is 31.1. The van der Waals surface area contributed by atoms with E-state index < -0.39 is 14.4 Å². The van der Waals surface area contributed by atoms with E-state index in [1.165, 1.54) is 6.08 Å². The van der Waals surface area contributed by atoms with Gasteiger partial charge in [-0.15, -0.1) is 0 Å². The van der Waals surface area contributed by atoms with Crippen LogP contribution in [0.25, 0.3) is 0 Å². The molecule has 0 bridgehead atoms. The average Bonchev–Trinajstić information content (AvgIpc) is 1.98. The van der Waals surface area contributed by atoms with Crippen molar-refractivity contribution in [2.45, 2.75) is 0 Å². The maximum atomic E-state index is 10.6. The number of esters is 1. The van der Waals surface area contributed by atoms with Gasteiger partial charge in [-0.3, -0.25) is 0 Å². The van der Waals surface area contributed by atoms with Crippen LogP contribution in [0.4, 0.5) is 0 Å². The van der Waals surface area contributed by atoms with E-state index in [1.807, 2.05) is 0 Å². The Labute approximate surface area is 60.6 Å². The molecule has 0 aromatic rings. The summed E-state index contributed by atoms with van der Waals surface area (Å²) >= 11 is 0. The largest absolute Gasteiger partial charge is 0.455 e. The van der Waals surface area contributed by atoms with E-state index in [-0.39, 0.29) is 11.9 Å². The minimum Gasteiger partial charge on any atom is -0.455 e. The van der Waals surface area contributed by atoms with Gasteiger partial charge in [-0.2, -0.15) is 0 Å². The molecule has 0 spiro atoms. The third-order valence-corrected chi connectivity index (χ3v) is 1.15. The lowest BCUT2D eigenvalue weighted by atomic mass is 10.6. The topological polar surface area (TPSA) is 43.4 Å². The molecule has 1 unspecified atom stereocenters. The second-order valence-electron chi connectivity index (χ2n) is 1.47. The lowest BCUT2D eigenvalue weighted by molar-refractivity contribution is -0.136. The molecule has 54 valence electrons. The zero-order valence-corrected chi connectivity index (χ0v) is 6.42. The Balaban J connectivity index is 3.73. The second kappa shape index (κ2) is 4.89. The molecule has 3 nitrogen and oxygen atoms in total. The van der Waals surface area contributed by atoms with E-state index in [1.54, 1.807) is 0 Å². The van der Waals surface area contributed by atoms with Crippen LogP contribution in [0.2, 0.25) is 0 Å². The van der Waals surface area contributed by atoms with Crippen molar-refractivity contribution in [2.75, 3.05) is 6.61 Å². The predicted molar refractivity (Wildman–Crippen MR) is 39.3 cm³/mol. The van der Waals surface area contributed by atoms with Crippen molar-refractivity contribution in [3.63, 3.8) is 0 Å². The molecular weight excluding hydrogens is 151 g/mol. The van der Waals surface area contributed by atoms with Gasteiger partial charge >= 0.3 is 14.4 Å². The van der Waals surface area contributed by atoms with Gasteiger partial charge in [-0.1, -0.05) is 17.2 Å². The molecule has 0 heterocycles. The van der Waals surface area contributed by atoms with Gasteiger partial charge in [0.15, 0.2) is 0 Å². The quantitative estimate of drug-likeness (QED) is 0.268. The monoisotopic (exact) mass is 159 g/mol. The number of carbonyl (C=O) groups is 1. The van der Waals surface area contributed by atoms with Crippen molar-refractivity contribution in [3.8, 4) is 0 Å². The third kappa shape index (κ3) is 3.15. The van der Waals surface area contributed by atoms with E-state index >= 15 is 0 Å². The first-order valence-electron chi connectivity index (χ1n) is 2.57. The summed E-state index contributed by atoms with van der Waals surface area (Å²) in [6.07, 6.45) is 1.43. The van der Waals surface area contributed by atoms with Crippen LogP contribution in [0.15, 0.2) is 24.5 Å². The fraction of sp³-hybridized carbons (Fsp3) is 0.167. The summed E-state index contributed by atoms with van der Waals surface area (Å²) in [6.45, 7) is 6.68. The van der Waals surface area contributed by atoms with Crippen molar-refractivity contribution in [2.24, 2.45) is 0 Å². The normalized spacial score (nSPS) is 8.80. The summed E-state index contributed by atoms with van der Waals surface area (Å²) in [5.41, 5.74) is 0. The number of ether oxygens (including phenoxy) is 1. The van der Waals surface area contributed by atoms with Crippen LogP contribution in [-0.4, -0.2) is 12.6 Å². The highest BCUT2D eigenvalue weighted by Gasteiger charge is 2.13. The van der Waals surface area contributed by atoms with E-state index in [2.05, 4.69) is 17.9 Å². The molecule has 0 aliphatic carbocycles. The minimum absolute atomic E-state index is 0.0261.